The molecule has 1 aromatic heterocycles. The van der Waals surface area contributed by atoms with Crippen LogP contribution in [0.15, 0.2) is 35.1 Å². The van der Waals surface area contributed by atoms with E-state index in [0.29, 0.717) is 17.1 Å². The van der Waals surface area contributed by atoms with E-state index in [9.17, 15) is 5.11 Å². The summed E-state index contributed by atoms with van der Waals surface area (Å²) in [4.78, 5) is 4.21. The number of halogens is 1. The van der Waals surface area contributed by atoms with E-state index >= 15 is 0 Å². The van der Waals surface area contributed by atoms with Crippen molar-refractivity contribution in [3.05, 3.63) is 46.5 Å². The Balaban J connectivity index is 2.42. The fourth-order valence-electron chi connectivity index (χ4n) is 1.89. The third-order valence-electron chi connectivity index (χ3n) is 2.82. The van der Waals surface area contributed by atoms with Crippen molar-refractivity contribution in [2.24, 2.45) is 0 Å². The molecule has 0 amide bonds. The lowest BCUT2D eigenvalue weighted by Gasteiger charge is -2.15. The van der Waals surface area contributed by atoms with Crippen LogP contribution in [-0.2, 0) is 6.54 Å². The second-order valence-electron chi connectivity index (χ2n) is 3.86. The predicted octanol–water partition coefficient (Wildman–Crippen LogP) is 2.76. The van der Waals surface area contributed by atoms with Gasteiger partial charge in [0.1, 0.15) is 17.7 Å². The first kappa shape index (κ1) is 13.1. The van der Waals surface area contributed by atoms with Crippen molar-refractivity contribution in [3.63, 3.8) is 0 Å². The highest BCUT2D eigenvalue weighted by Crippen LogP contribution is 2.31. The SMILES string of the molecule is CCn1ccnc1C(O)c1ccc(Br)cc1OC. The third kappa shape index (κ3) is 2.42. The molecule has 0 radical (unpaired) electrons. The Morgan fingerprint density at radius 1 is 1.50 bits per heavy atom. The van der Waals surface area contributed by atoms with Gasteiger partial charge in [-0.2, -0.15) is 0 Å². The minimum absolute atomic E-state index is 0.623. The van der Waals surface area contributed by atoms with Gasteiger partial charge in [0.2, 0.25) is 0 Å². The fourth-order valence-corrected chi connectivity index (χ4v) is 2.23. The van der Waals surface area contributed by atoms with Crippen LogP contribution >= 0.6 is 15.9 Å². The van der Waals surface area contributed by atoms with E-state index < -0.39 is 6.10 Å². The highest BCUT2D eigenvalue weighted by atomic mass is 79.9. The van der Waals surface area contributed by atoms with E-state index in [1.807, 2.05) is 35.9 Å². The lowest BCUT2D eigenvalue weighted by molar-refractivity contribution is 0.200. The molecule has 1 heterocycles. The Morgan fingerprint density at radius 2 is 2.28 bits per heavy atom. The first-order valence-electron chi connectivity index (χ1n) is 5.70. The van der Waals surface area contributed by atoms with Crippen molar-refractivity contribution in [1.82, 2.24) is 9.55 Å². The average Bonchev–Trinajstić information content (AvgIpc) is 2.86. The zero-order chi connectivity index (χ0) is 13.1. The minimum atomic E-state index is -0.789. The van der Waals surface area contributed by atoms with Crippen LogP contribution in [0.25, 0.3) is 0 Å². The molecule has 0 bridgehead atoms. The summed E-state index contributed by atoms with van der Waals surface area (Å²) in [7, 11) is 1.59. The lowest BCUT2D eigenvalue weighted by Crippen LogP contribution is -2.10. The summed E-state index contributed by atoms with van der Waals surface area (Å²) in [6.45, 7) is 2.78. The Hall–Kier alpha value is -1.33. The fraction of sp³-hybridized carbons (Fsp3) is 0.308. The Morgan fingerprint density at radius 3 is 2.94 bits per heavy atom. The number of aryl methyl sites for hydroxylation is 1. The standard InChI is InChI=1S/C13H15BrN2O2/c1-3-16-7-6-15-13(16)12(17)10-5-4-9(14)8-11(10)18-2/h4-8,12,17H,3H2,1-2H3. The van der Waals surface area contributed by atoms with E-state index in [1.165, 1.54) is 0 Å². The maximum absolute atomic E-state index is 10.4. The van der Waals surface area contributed by atoms with Crippen molar-refractivity contribution in [2.75, 3.05) is 7.11 Å². The van der Waals surface area contributed by atoms with Crippen LogP contribution in [0.1, 0.15) is 24.4 Å². The van der Waals surface area contributed by atoms with E-state index in [4.69, 9.17) is 4.74 Å². The zero-order valence-corrected chi connectivity index (χ0v) is 11.9. The molecule has 4 nitrogen and oxygen atoms in total. The topological polar surface area (TPSA) is 47.3 Å². The third-order valence-corrected chi connectivity index (χ3v) is 3.32. The van der Waals surface area contributed by atoms with Crippen LogP contribution in [-0.4, -0.2) is 21.8 Å². The van der Waals surface area contributed by atoms with Crippen LogP contribution in [0.2, 0.25) is 0 Å². The van der Waals surface area contributed by atoms with E-state index in [1.54, 1.807) is 13.3 Å². The molecule has 0 saturated heterocycles. The summed E-state index contributed by atoms with van der Waals surface area (Å²) in [5, 5.41) is 10.4. The molecule has 5 heteroatoms. The number of aromatic nitrogens is 2. The van der Waals surface area contributed by atoms with Gasteiger partial charge in [-0.3, -0.25) is 0 Å². The first-order chi connectivity index (χ1) is 8.67. The Kier molecular flexibility index (Phi) is 4.04. The second-order valence-corrected chi connectivity index (χ2v) is 4.78. The van der Waals surface area contributed by atoms with Crippen molar-refractivity contribution in [2.45, 2.75) is 19.6 Å². The van der Waals surface area contributed by atoms with Gasteiger partial charge in [0, 0.05) is 29.0 Å². The molecule has 0 fully saturated rings. The van der Waals surface area contributed by atoms with Gasteiger partial charge in [-0.05, 0) is 19.1 Å². The highest BCUT2D eigenvalue weighted by molar-refractivity contribution is 9.10. The summed E-state index contributed by atoms with van der Waals surface area (Å²) < 4.78 is 8.11. The number of rotatable bonds is 4. The normalized spacial score (nSPS) is 12.4. The number of aliphatic hydroxyl groups is 1. The zero-order valence-electron chi connectivity index (χ0n) is 10.3. The minimum Gasteiger partial charge on any atom is -0.496 e. The smallest absolute Gasteiger partial charge is 0.142 e. The van der Waals surface area contributed by atoms with Crippen LogP contribution in [0.3, 0.4) is 0 Å². The monoisotopic (exact) mass is 310 g/mol. The molecule has 18 heavy (non-hydrogen) atoms. The maximum atomic E-state index is 10.4. The molecule has 2 aromatic rings. The number of benzene rings is 1. The number of aliphatic hydroxyl groups excluding tert-OH is 1. The average molecular weight is 311 g/mol. The summed E-state index contributed by atoms with van der Waals surface area (Å²) in [6.07, 6.45) is 2.75. The molecule has 1 unspecified atom stereocenters. The molecule has 0 saturated carbocycles. The van der Waals surface area contributed by atoms with Gasteiger partial charge in [-0.1, -0.05) is 22.0 Å². The molecular weight excluding hydrogens is 296 g/mol. The van der Waals surface area contributed by atoms with Crippen molar-refractivity contribution >= 4 is 15.9 Å². The Labute approximate surface area is 114 Å². The summed E-state index contributed by atoms with van der Waals surface area (Å²) in [5.74, 6) is 1.26. The van der Waals surface area contributed by atoms with E-state index in [0.717, 1.165) is 11.0 Å². The Bertz CT molecular complexity index is 540. The number of nitrogens with zero attached hydrogens (tertiary/aromatic N) is 2. The second kappa shape index (κ2) is 5.54. The molecule has 2 rings (SSSR count). The van der Waals surface area contributed by atoms with Gasteiger partial charge in [0.25, 0.3) is 0 Å². The van der Waals surface area contributed by atoms with Gasteiger partial charge >= 0.3 is 0 Å². The molecular formula is C13H15BrN2O2. The maximum Gasteiger partial charge on any atom is 0.142 e. The predicted molar refractivity (Wildman–Crippen MR) is 72.7 cm³/mol. The van der Waals surface area contributed by atoms with Crippen molar-refractivity contribution in [3.8, 4) is 5.75 Å². The molecule has 1 aromatic carbocycles. The highest BCUT2D eigenvalue weighted by Gasteiger charge is 2.19. The molecule has 0 aliphatic carbocycles. The molecule has 0 spiro atoms. The summed E-state index contributed by atoms with van der Waals surface area (Å²) >= 11 is 3.38. The summed E-state index contributed by atoms with van der Waals surface area (Å²) in [6, 6.07) is 5.54. The molecule has 1 atom stereocenters. The quantitative estimate of drug-likeness (QED) is 0.944. The molecule has 0 aliphatic rings. The van der Waals surface area contributed by atoms with Crippen LogP contribution in [0.4, 0.5) is 0 Å². The number of imidazole rings is 1. The lowest BCUT2D eigenvalue weighted by atomic mass is 10.1. The van der Waals surface area contributed by atoms with Gasteiger partial charge in [0.05, 0.1) is 7.11 Å². The number of hydrogen-bond acceptors (Lipinski definition) is 3. The van der Waals surface area contributed by atoms with Gasteiger partial charge in [0.15, 0.2) is 0 Å². The van der Waals surface area contributed by atoms with Gasteiger partial charge in [-0.15, -0.1) is 0 Å². The molecule has 96 valence electrons. The number of ether oxygens (including phenoxy) is 1. The van der Waals surface area contributed by atoms with Crippen molar-refractivity contribution < 1.29 is 9.84 Å². The van der Waals surface area contributed by atoms with E-state index in [2.05, 4.69) is 20.9 Å². The molecule has 1 N–H and O–H groups in total. The van der Waals surface area contributed by atoms with Crippen molar-refractivity contribution in [1.29, 1.82) is 0 Å². The molecule has 0 aliphatic heterocycles. The largest absolute Gasteiger partial charge is 0.496 e. The van der Waals surface area contributed by atoms with Crippen LogP contribution in [0.5, 0.6) is 5.75 Å². The number of methoxy groups -OCH3 is 1. The number of hydrogen-bond donors (Lipinski definition) is 1. The first-order valence-corrected chi connectivity index (χ1v) is 6.49. The van der Waals surface area contributed by atoms with Gasteiger partial charge < -0.3 is 14.4 Å². The van der Waals surface area contributed by atoms with E-state index in [-0.39, 0.29) is 0 Å². The summed E-state index contributed by atoms with van der Waals surface area (Å²) in [5.41, 5.74) is 0.710. The van der Waals surface area contributed by atoms with Crippen LogP contribution < -0.4 is 4.74 Å². The van der Waals surface area contributed by atoms with Gasteiger partial charge in [-0.25, -0.2) is 4.98 Å². The van der Waals surface area contributed by atoms with Crippen LogP contribution in [0, 0.1) is 0 Å².